The lowest BCUT2D eigenvalue weighted by atomic mass is 10.2. The Morgan fingerprint density at radius 2 is 2.00 bits per heavy atom. The van der Waals surface area contributed by atoms with Crippen LogP contribution in [0.25, 0.3) is 20.8 Å². The summed E-state index contributed by atoms with van der Waals surface area (Å²) in [5.74, 6) is 0. The summed E-state index contributed by atoms with van der Waals surface area (Å²) in [7, 11) is 0. The summed E-state index contributed by atoms with van der Waals surface area (Å²) in [6.45, 7) is 0. The number of anilines is 1. The third kappa shape index (κ3) is 1.98. The average molecular weight is 272 g/mol. The summed E-state index contributed by atoms with van der Waals surface area (Å²) >= 11 is 3.43. The van der Waals surface area contributed by atoms with Crippen LogP contribution < -0.4 is 5.73 Å². The van der Waals surface area contributed by atoms with Crippen molar-refractivity contribution in [3.8, 4) is 10.6 Å². The molecule has 0 bridgehead atoms. The first-order valence-corrected chi connectivity index (χ1v) is 7.61. The van der Waals surface area contributed by atoms with Gasteiger partial charge in [0.05, 0.1) is 10.2 Å². The molecule has 0 aliphatic carbocycles. The quantitative estimate of drug-likeness (QED) is 0.559. The van der Waals surface area contributed by atoms with E-state index in [-0.39, 0.29) is 0 Å². The molecule has 1 heterocycles. The molecule has 90 valence electrons. The second-order valence-corrected chi connectivity index (χ2v) is 5.83. The zero-order chi connectivity index (χ0) is 12.5. The van der Waals surface area contributed by atoms with Gasteiger partial charge in [0.1, 0.15) is 5.01 Å². The number of nitrogens with two attached hydrogens (primary N) is 1. The van der Waals surface area contributed by atoms with Crippen molar-refractivity contribution in [2.24, 2.45) is 0 Å². The number of fused-ring (bicyclic) bond motifs is 1. The molecule has 0 aliphatic heterocycles. The fraction of sp³-hybridized carbons (Fsp3) is 0.0714. The number of thioether (sulfide) groups is 1. The summed E-state index contributed by atoms with van der Waals surface area (Å²) in [5.41, 5.74) is 8.80. The monoisotopic (exact) mass is 272 g/mol. The molecule has 18 heavy (non-hydrogen) atoms. The molecule has 0 amide bonds. The highest BCUT2D eigenvalue weighted by Crippen LogP contribution is 2.35. The highest BCUT2D eigenvalue weighted by Gasteiger charge is 2.09. The van der Waals surface area contributed by atoms with E-state index in [0.717, 1.165) is 20.9 Å². The zero-order valence-electron chi connectivity index (χ0n) is 9.88. The van der Waals surface area contributed by atoms with Gasteiger partial charge in [0.2, 0.25) is 0 Å². The molecule has 1 aromatic heterocycles. The van der Waals surface area contributed by atoms with E-state index in [4.69, 9.17) is 5.73 Å². The average Bonchev–Trinajstić information content (AvgIpc) is 2.81. The first kappa shape index (κ1) is 11.6. The summed E-state index contributed by atoms with van der Waals surface area (Å²) in [4.78, 5) is 5.94. The van der Waals surface area contributed by atoms with Crippen LogP contribution in [0.4, 0.5) is 5.69 Å². The predicted molar refractivity (Wildman–Crippen MR) is 81.2 cm³/mol. The molecule has 0 saturated carbocycles. The smallest absolute Gasteiger partial charge is 0.125 e. The fourth-order valence-corrected chi connectivity index (χ4v) is 3.60. The zero-order valence-corrected chi connectivity index (χ0v) is 11.5. The van der Waals surface area contributed by atoms with Crippen molar-refractivity contribution >= 4 is 39.0 Å². The van der Waals surface area contributed by atoms with Gasteiger partial charge in [0.15, 0.2) is 0 Å². The van der Waals surface area contributed by atoms with Gasteiger partial charge < -0.3 is 5.73 Å². The Bertz CT molecular complexity index is 704. The van der Waals surface area contributed by atoms with Crippen molar-refractivity contribution < 1.29 is 0 Å². The van der Waals surface area contributed by atoms with Crippen molar-refractivity contribution in [3.05, 3.63) is 42.5 Å². The number of hydrogen-bond acceptors (Lipinski definition) is 4. The molecular formula is C14H12N2S2. The summed E-state index contributed by atoms with van der Waals surface area (Å²) in [6.07, 6.45) is 2.09. The number of rotatable bonds is 2. The Labute approximate surface area is 114 Å². The second-order valence-electron chi connectivity index (χ2n) is 3.95. The molecule has 2 aromatic carbocycles. The number of hydrogen-bond donors (Lipinski definition) is 1. The number of nitrogens with zero attached hydrogens (tertiary/aromatic N) is 1. The maximum absolute atomic E-state index is 5.80. The number of thiazole rings is 1. The molecule has 2 nitrogen and oxygen atoms in total. The molecule has 0 saturated heterocycles. The van der Waals surface area contributed by atoms with Gasteiger partial charge in [0, 0.05) is 16.1 Å². The highest BCUT2D eigenvalue weighted by atomic mass is 32.2. The van der Waals surface area contributed by atoms with E-state index in [2.05, 4.69) is 35.5 Å². The van der Waals surface area contributed by atoms with Crippen molar-refractivity contribution in [3.63, 3.8) is 0 Å². The summed E-state index contributed by atoms with van der Waals surface area (Å²) in [6, 6.07) is 14.2. The molecular weight excluding hydrogens is 260 g/mol. The summed E-state index contributed by atoms with van der Waals surface area (Å²) < 4.78 is 1.14. The van der Waals surface area contributed by atoms with E-state index in [9.17, 15) is 0 Å². The van der Waals surface area contributed by atoms with Crippen LogP contribution >= 0.6 is 23.1 Å². The molecule has 0 fully saturated rings. The highest BCUT2D eigenvalue weighted by molar-refractivity contribution is 7.98. The summed E-state index contributed by atoms with van der Waals surface area (Å²) in [5, 5.41) is 1.06. The van der Waals surface area contributed by atoms with Gasteiger partial charge >= 0.3 is 0 Å². The first-order chi connectivity index (χ1) is 8.78. The molecule has 3 rings (SSSR count). The van der Waals surface area contributed by atoms with Crippen LogP contribution in [0.5, 0.6) is 0 Å². The molecule has 0 atom stereocenters. The van der Waals surface area contributed by atoms with E-state index in [1.165, 1.54) is 10.5 Å². The minimum atomic E-state index is 0.788. The normalized spacial score (nSPS) is 10.9. The van der Waals surface area contributed by atoms with Crippen molar-refractivity contribution in [1.82, 2.24) is 4.98 Å². The third-order valence-electron chi connectivity index (χ3n) is 2.75. The molecule has 0 unspecified atom stereocenters. The largest absolute Gasteiger partial charge is 0.399 e. The molecule has 0 spiro atoms. The molecule has 2 N–H and O–H groups in total. The van der Waals surface area contributed by atoms with Crippen LogP contribution in [0.2, 0.25) is 0 Å². The molecule has 0 aliphatic rings. The van der Waals surface area contributed by atoms with Crippen LogP contribution in [0.1, 0.15) is 0 Å². The van der Waals surface area contributed by atoms with Crippen LogP contribution in [0, 0.1) is 0 Å². The van der Waals surface area contributed by atoms with Gasteiger partial charge in [-0.2, -0.15) is 0 Å². The standard InChI is InChI=1S/C14H12N2S2/c1-17-12-5-3-2-4-10(12)14-16-11-7-6-9(15)8-13(11)18-14/h2-8H,15H2,1H3. The predicted octanol–water partition coefficient (Wildman–Crippen LogP) is 4.27. The van der Waals surface area contributed by atoms with Crippen LogP contribution in [-0.4, -0.2) is 11.2 Å². The Kier molecular flexibility index (Phi) is 2.97. The Balaban J connectivity index is 2.19. The Morgan fingerprint density at radius 1 is 1.17 bits per heavy atom. The van der Waals surface area contributed by atoms with Crippen molar-refractivity contribution in [1.29, 1.82) is 0 Å². The Hall–Kier alpha value is -1.52. The van der Waals surface area contributed by atoms with Crippen molar-refractivity contribution in [2.45, 2.75) is 4.90 Å². The maximum atomic E-state index is 5.80. The lowest BCUT2D eigenvalue weighted by molar-refractivity contribution is 1.40. The van der Waals surface area contributed by atoms with E-state index in [0.29, 0.717) is 0 Å². The maximum Gasteiger partial charge on any atom is 0.125 e. The van der Waals surface area contributed by atoms with Gasteiger partial charge in [-0.1, -0.05) is 18.2 Å². The lowest BCUT2D eigenvalue weighted by Crippen LogP contribution is -1.81. The molecule has 3 aromatic rings. The second kappa shape index (κ2) is 4.63. The molecule has 4 heteroatoms. The minimum absolute atomic E-state index is 0.788. The van der Waals surface area contributed by atoms with Gasteiger partial charge in [-0.3, -0.25) is 0 Å². The Morgan fingerprint density at radius 3 is 2.83 bits per heavy atom. The van der Waals surface area contributed by atoms with E-state index in [1.807, 2.05) is 18.2 Å². The third-order valence-corrected chi connectivity index (χ3v) is 4.60. The van der Waals surface area contributed by atoms with Gasteiger partial charge in [-0.25, -0.2) is 4.98 Å². The first-order valence-electron chi connectivity index (χ1n) is 5.57. The van der Waals surface area contributed by atoms with Crippen molar-refractivity contribution in [2.75, 3.05) is 12.0 Å². The van der Waals surface area contributed by atoms with Gasteiger partial charge in [0.25, 0.3) is 0 Å². The SMILES string of the molecule is CSc1ccccc1-c1nc2ccc(N)cc2s1. The van der Waals surface area contributed by atoms with Gasteiger partial charge in [-0.15, -0.1) is 23.1 Å². The minimum Gasteiger partial charge on any atom is -0.399 e. The lowest BCUT2D eigenvalue weighted by Gasteiger charge is -2.02. The van der Waals surface area contributed by atoms with Crippen LogP contribution in [0.3, 0.4) is 0 Å². The van der Waals surface area contributed by atoms with E-state index >= 15 is 0 Å². The molecule has 0 radical (unpaired) electrons. The van der Waals surface area contributed by atoms with E-state index < -0.39 is 0 Å². The van der Waals surface area contributed by atoms with Crippen LogP contribution in [-0.2, 0) is 0 Å². The number of aromatic nitrogens is 1. The van der Waals surface area contributed by atoms with E-state index in [1.54, 1.807) is 23.1 Å². The topological polar surface area (TPSA) is 38.9 Å². The van der Waals surface area contributed by atoms with Gasteiger partial charge in [-0.05, 0) is 30.5 Å². The number of benzene rings is 2. The fourth-order valence-electron chi connectivity index (χ4n) is 1.88. The number of nitrogen functional groups attached to an aromatic ring is 1. The van der Waals surface area contributed by atoms with Crippen LogP contribution in [0.15, 0.2) is 47.4 Å².